The van der Waals surface area contributed by atoms with Gasteiger partial charge in [0, 0.05) is 29.8 Å². The van der Waals surface area contributed by atoms with Gasteiger partial charge in [0.1, 0.15) is 6.42 Å². The minimum Gasteiger partial charge on any atom is -0.325 e. The van der Waals surface area contributed by atoms with Crippen LogP contribution in [0.1, 0.15) is 6.42 Å². The molecule has 6 nitrogen and oxygen atoms in total. The minimum absolute atomic E-state index is 0.164. The molecule has 0 saturated carbocycles. The second-order valence-corrected chi connectivity index (χ2v) is 4.42. The van der Waals surface area contributed by atoms with Gasteiger partial charge in [0.2, 0.25) is 11.7 Å². The summed E-state index contributed by atoms with van der Waals surface area (Å²) in [6, 6.07) is 11.0. The van der Waals surface area contributed by atoms with Gasteiger partial charge in [-0.3, -0.25) is 9.20 Å². The summed E-state index contributed by atoms with van der Waals surface area (Å²) >= 11 is 0. The average Bonchev–Trinajstić information content (AvgIpc) is 2.91. The highest BCUT2D eigenvalue weighted by atomic mass is 16.1. The molecule has 1 amide bonds. The second kappa shape index (κ2) is 5.43. The maximum Gasteiger partial charge on any atom is 0.238 e. The summed E-state index contributed by atoms with van der Waals surface area (Å²) in [6.07, 6.45) is 5.27. The van der Waals surface area contributed by atoms with E-state index in [1.54, 1.807) is 12.3 Å². The number of carbonyl (C=O) groups is 1. The van der Waals surface area contributed by atoms with Crippen LogP contribution in [0.5, 0.6) is 0 Å². The molecule has 0 unspecified atom stereocenters. The van der Waals surface area contributed by atoms with Gasteiger partial charge >= 0.3 is 0 Å². The van der Waals surface area contributed by atoms with Gasteiger partial charge in [-0.1, -0.05) is 12.1 Å². The number of rotatable bonds is 3. The standard InChI is InChI=1S/C15H11N5O/c16-6-5-14(21)18-12-4-1-3-11(9-12)13-10-20-8-2-7-17-15(20)19-13/h1-4,7-10H,5H2,(H,18,21). The molecule has 2 aromatic heterocycles. The first-order valence-electron chi connectivity index (χ1n) is 6.33. The fourth-order valence-electron chi connectivity index (χ4n) is 2.00. The first-order chi connectivity index (χ1) is 10.3. The van der Waals surface area contributed by atoms with E-state index in [0.717, 1.165) is 11.3 Å². The van der Waals surface area contributed by atoms with Crippen LogP contribution in [0.4, 0.5) is 5.69 Å². The Kier molecular flexibility index (Phi) is 3.31. The third-order valence-corrected chi connectivity index (χ3v) is 2.92. The van der Waals surface area contributed by atoms with Gasteiger partial charge in [-0.15, -0.1) is 0 Å². The fourth-order valence-corrected chi connectivity index (χ4v) is 2.00. The molecule has 0 atom stereocenters. The Morgan fingerprint density at radius 3 is 3.10 bits per heavy atom. The lowest BCUT2D eigenvalue weighted by Crippen LogP contribution is -2.09. The van der Waals surface area contributed by atoms with E-state index in [1.807, 2.05) is 47.1 Å². The maximum atomic E-state index is 11.4. The van der Waals surface area contributed by atoms with Crippen LogP contribution in [-0.2, 0) is 4.79 Å². The number of nitrogens with zero attached hydrogens (tertiary/aromatic N) is 4. The molecule has 0 aliphatic rings. The highest BCUT2D eigenvalue weighted by molar-refractivity contribution is 5.92. The number of nitrogens with one attached hydrogen (secondary N) is 1. The molecule has 0 fully saturated rings. The first kappa shape index (κ1) is 12.8. The molecule has 21 heavy (non-hydrogen) atoms. The molecular formula is C15H11N5O. The molecule has 6 heteroatoms. The molecule has 0 bridgehead atoms. The summed E-state index contributed by atoms with van der Waals surface area (Å²) in [5.74, 6) is 0.290. The Bertz CT molecular complexity index is 813. The molecule has 2 heterocycles. The van der Waals surface area contributed by atoms with Gasteiger partial charge < -0.3 is 5.32 Å². The summed E-state index contributed by atoms with van der Waals surface area (Å²) in [7, 11) is 0. The normalized spacial score (nSPS) is 10.2. The van der Waals surface area contributed by atoms with Crippen molar-refractivity contribution in [3.63, 3.8) is 0 Å². The zero-order chi connectivity index (χ0) is 14.7. The molecule has 1 aromatic carbocycles. The summed E-state index contributed by atoms with van der Waals surface area (Å²) < 4.78 is 1.83. The number of imidazole rings is 1. The van der Waals surface area contributed by atoms with Crippen LogP contribution in [0.2, 0.25) is 0 Å². The van der Waals surface area contributed by atoms with Gasteiger partial charge in [0.25, 0.3) is 0 Å². The van der Waals surface area contributed by atoms with Crippen LogP contribution in [-0.4, -0.2) is 20.3 Å². The Labute approximate surface area is 120 Å². The van der Waals surface area contributed by atoms with E-state index >= 15 is 0 Å². The number of anilines is 1. The lowest BCUT2D eigenvalue weighted by molar-refractivity contribution is -0.115. The number of fused-ring (bicyclic) bond motifs is 1. The number of hydrogen-bond donors (Lipinski definition) is 1. The van der Waals surface area contributed by atoms with Crippen LogP contribution in [0.3, 0.4) is 0 Å². The molecule has 102 valence electrons. The van der Waals surface area contributed by atoms with E-state index in [1.165, 1.54) is 0 Å². The second-order valence-electron chi connectivity index (χ2n) is 4.42. The maximum absolute atomic E-state index is 11.4. The van der Waals surface area contributed by atoms with Crippen LogP contribution in [0.25, 0.3) is 17.0 Å². The highest BCUT2D eigenvalue weighted by Crippen LogP contribution is 2.22. The molecule has 0 aliphatic carbocycles. The number of benzene rings is 1. The first-order valence-corrected chi connectivity index (χ1v) is 6.33. The lowest BCUT2D eigenvalue weighted by atomic mass is 10.1. The Morgan fingerprint density at radius 2 is 2.29 bits per heavy atom. The molecule has 0 saturated heterocycles. The lowest BCUT2D eigenvalue weighted by Gasteiger charge is -2.04. The van der Waals surface area contributed by atoms with Crippen molar-refractivity contribution >= 4 is 17.4 Å². The van der Waals surface area contributed by atoms with Crippen LogP contribution >= 0.6 is 0 Å². The number of aromatic nitrogens is 3. The smallest absolute Gasteiger partial charge is 0.238 e. The average molecular weight is 277 g/mol. The fraction of sp³-hybridized carbons (Fsp3) is 0.0667. The molecule has 3 aromatic rings. The van der Waals surface area contributed by atoms with E-state index in [2.05, 4.69) is 15.3 Å². The predicted molar refractivity (Wildman–Crippen MR) is 77.3 cm³/mol. The largest absolute Gasteiger partial charge is 0.325 e. The number of amides is 1. The number of hydrogen-bond acceptors (Lipinski definition) is 4. The number of nitriles is 1. The van der Waals surface area contributed by atoms with Crippen LogP contribution in [0, 0.1) is 11.3 Å². The Balaban J connectivity index is 1.92. The SMILES string of the molecule is N#CCC(=O)Nc1cccc(-c2cn3cccnc3n2)c1. The molecule has 0 spiro atoms. The zero-order valence-corrected chi connectivity index (χ0v) is 11.0. The third-order valence-electron chi connectivity index (χ3n) is 2.92. The Hall–Kier alpha value is -3.20. The zero-order valence-electron chi connectivity index (χ0n) is 11.0. The van der Waals surface area contributed by atoms with Gasteiger partial charge in [-0.05, 0) is 18.2 Å². The van der Waals surface area contributed by atoms with Crippen molar-refractivity contribution in [2.75, 3.05) is 5.32 Å². The molecule has 0 aliphatic heterocycles. The van der Waals surface area contributed by atoms with Gasteiger partial charge in [-0.2, -0.15) is 5.26 Å². The van der Waals surface area contributed by atoms with Gasteiger partial charge in [0.15, 0.2) is 0 Å². The molecule has 3 rings (SSSR count). The summed E-state index contributed by atoms with van der Waals surface area (Å²) in [4.78, 5) is 20.0. The topological polar surface area (TPSA) is 83.1 Å². The third kappa shape index (κ3) is 2.72. The van der Waals surface area contributed by atoms with E-state index in [4.69, 9.17) is 5.26 Å². The van der Waals surface area contributed by atoms with Crippen molar-refractivity contribution in [2.24, 2.45) is 0 Å². The monoisotopic (exact) mass is 277 g/mol. The van der Waals surface area contributed by atoms with Crippen molar-refractivity contribution in [1.29, 1.82) is 5.26 Å². The van der Waals surface area contributed by atoms with Crippen molar-refractivity contribution in [3.8, 4) is 17.3 Å². The van der Waals surface area contributed by atoms with Crippen LogP contribution < -0.4 is 5.32 Å². The summed E-state index contributed by atoms with van der Waals surface area (Å²) in [6.45, 7) is 0. The highest BCUT2D eigenvalue weighted by Gasteiger charge is 2.07. The van der Waals surface area contributed by atoms with Crippen LogP contribution in [0.15, 0.2) is 48.9 Å². The molecular weight excluding hydrogens is 266 g/mol. The van der Waals surface area contributed by atoms with E-state index in [-0.39, 0.29) is 12.3 Å². The Morgan fingerprint density at radius 1 is 1.38 bits per heavy atom. The number of carbonyl (C=O) groups excluding carboxylic acids is 1. The van der Waals surface area contributed by atoms with E-state index in [0.29, 0.717) is 11.5 Å². The molecule has 0 radical (unpaired) electrons. The summed E-state index contributed by atoms with van der Waals surface area (Å²) in [5, 5.41) is 11.2. The predicted octanol–water partition coefficient (Wildman–Crippen LogP) is 2.25. The van der Waals surface area contributed by atoms with Gasteiger partial charge in [0.05, 0.1) is 11.8 Å². The van der Waals surface area contributed by atoms with E-state index < -0.39 is 0 Å². The van der Waals surface area contributed by atoms with Crippen molar-refractivity contribution in [3.05, 3.63) is 48.9 Å². The van der Waals surface area contributed by atoms with Crippen molar-refractivity contribution in [1.82, 2.24) is 14.4 Å². The molecule has 1 N–H and O–H groups in total. The van der Waals surface area contributed by atoms with E-state index in [9.17, 15) is 4.79 Å². The minimum atomic E-state index is -0.327. The van der Waals surface area contributed by atoms with Crippen molar-refractivity contribution in [2.45, 2.75) is 6.42 Å². The summed E-state index contributed by atoms with van der Waals surface area (Å²) in [5.41, 5.74) is 2.28. The van der Waals surface area contributed by atoms with Gasteiger partial charge in [-0.25, -0.2) is 9.97 Å². The van der Waals surface area contributed by atoms with Crippen molar-refractivity contribution < 1.29 is 4.79 Å². The quantitative estimate of drug-likeness (QED) is 0.795.